The first kappa shape index (κ1) is 21.5. The molecule has 2 aromatic rings. The fourth-order valence-electron chi connectivity index (χ4n) is 4.66. The predicted molar refractivity (Wildman–Crippen MR) is 119 cm³/mol. The lowest BCUT2D eigenvalue weighted by Crippen LogP contribution is -2.48. The number of ether oxygens (including phenoxy) is 1. The summed E-state index contributed by atoms with van der Waals surface area (Å²) in [6, 6.07) is 12.3. The molecular formula is C25H31N3O3. The fourth-order valence-corrected chi connectivity index (χ4v) is 4.66. The Bertz CT molecular complexity index is 925. The van der Waals surface area contributed by atoms with Crippen molar-refractivity contribution in [3.63, 3.8) is 0 Å². The van der Waals surface area contributed by atoms with E-state index in [-0.39, 0.29) is 24.0 Å². The van der Waals surface area contributed by atoms with E-state index < -0.39 is 5.41 Å². The summed E-state index contributed by atoms with van der Waals surface area (Å²) in [5.41, 5.74) is 2.67. The quantitative estimate of drug-likeness (QED) is 0.778. The van der Waals surface area contributed by atoms with Gasteiger partial charge in [0.25, 0.3) is 5.91 Å². The molecule has 31 heavy (non-hydrogen) atoms. The van der Waals surface area contributed by atoms with Crippen LogP contribution in [0.3, 0.4) is 0 Å². The summed E-state index contributed by atoms with van der Waals surface area (Å²) in [4.78, 5) is 32.2. The lowest BCUT2D eigenvalue weighted by Gasteiger charge is -2.30. The summed E-state index contributed by atoms with van der Waals surface area (Å²) >= 11 is 0. The first-order valence-electron chi connectivity index (χ1n) is 11.2. The lowest BCUT2D eigenvalue weighted by atomic mass is 9.79. The molecule has 0 unspecified atom stereocenters. The number of rotatable bonds is 6. The third-order valence-electron chi connectivity index (χ3n) is 6.26. The van der Waals surface area contributed by atoms with Crippen LogP contribution < -0.4 is 5.32 Å². The molecule has 164 valence electrons. The van der Waals surface area contributed by atoms with E-state index in [1.54, 1.807) is 12.4 Å². The van der Waals surface area contributed by atoms with Gasteiger partial charge in [-0.15, -0.1) is 0 Å². The molecule has 2 atom stereocenters. The first-order chi connectivity index (χ1) is 15.0. The van der Waals surface area contributed by atoms with Crippen molar-refractivity contribution in [3.05, 3.63) is 54.4 Å². The Morgan fingerprint density at radius 1 is 1.23 bits per heavy atom. The van der Waals surface area contributed by atoms with Crippen LogP contribution in [-0.2, 0) is 20.7 Å². The smallest absolute Gasteiger partial charge is 0.251 e. The average Bonchev–Trinajstić information content (AvgIpc) is 3.45. The van der Waals surface area contributed by atoms with E-state index in [0.29, 0.717) is 32.5 Å². The Morgan fingerprint density at radius 2 is 2.03 bits per heavy atom. The fraction of sp³-hybridized carbons (Fsp3) is 0.480. The maximum Gasteiger partial charge on any atom is 0.251 e. The topological polar surface area (TPSA) is 71.5 Å². The van der Waals surface area contributed by atoms with Crippen LogP contribution in [0.4, 0.5) is 0 Å². The molecule has 2 amide bonds. The van der Waals surface area contributed by atoms with Crippen LogP contribution in [0.1, 0.15) is 38.7 Å². The van der Waals surface area contributed by atoms with Gasteiger partial charge in [-0.3, -0.25) is 14.6 Å². The van der Waals surface area contributed by atoms with Crippen molar-refractivity contribution in [2.24, 2.45) is 5.41 Å². The Hall–Kier alpha value is -2.73. The van der Waals surface area contributed by atoms with Crippen molar-refractivity contribution in [2.45, 2.75) is 51.7 Å². The Kier molecular flexibility index (Phi) is 6.37. The molecule has 0 aliphatic carbocycles. The second-order valence-electron chi connectivity index (χ2n) is 9.03. The van der Waals surface area contributed by atoms with Crippen LogP contribution in [0.2, 0.25) is 0 Å². The monoisotopic (exact) mass is 421 g/mol. The molecule has 0 bridgehead atoms. The molecule has 6 nitrogen and oxygen atoms in total. The van der Waals surface area contributed by atoms with Crippen LogP contribution in [-0.4, -0.2) is 53.5 Å². The molecule has 2 saturated heterocycles. The number of hydrogen-bond acceptors (Lipinski definition) is 4. The van der Waals surface area contributed by atoms with Crippen LogP contribution in [0, 0.1) is 5.41 Å². The van der Waals surface area contributed by atoms with E-state index in [2.05, 4.69) is 28.5 Å². The molecule has 2 aliphatic heterocycles. The van der Waals surface area contributed by atoms with E-state index in [4.69, 9.17) is 4.74 Å². The van der Waals surface area contributed by atoms with Crippen LogP contribution in [0.25, 0.3) is 11.1 Å². The van der Waals surface area contributed by atoms with Crippen molar-refractivity contribution in [3.8, 4) is 11.1 Å². The number of carbonyl (C=O) groups excluding carboxylic acids is 2. The Morgan fingerprint density at radius 3 is 2.74 bits per heavy atom. The predicted octanol–water partition coefficient (Wildman–Crippen LogP) is 3.21. The number of nitrogens with zero attached hydrogens (tertiary/aromatic N) is 2. The summed E-state index contributed by atoms with van der Waals surface area (Å²) in [6.07, 6.45) is 6.16. The van der Waals surface area contributed by atoms with E-state index in [0.717, 1.165) is 29.5 Å². The number of benzene rings is 1. The van der Waals surface area contributed by atoms with Crippen molar-refractivity contribution < 1.29 is 14.3 Å². The summed E-state index contributed by atoms with van der Waals surface area (Å²) in [5.74, 6) is 0.0571. The van der Waals surface area contributed by atoms with Gasteiger partial charge in [-0.2, -0.15) is 0 Å². The molecular weight excluding hydrogens is 390 g/mol. The molecule has 4 rings (SSSR count). The second kappa shape index (κ2) is 9.18. The minimum atomic E-state index is -0.630. The SMILES string of the molecule is CC(C)NC(=O)[C@@]1(Cc2cccc(-c3ccncc3)c2)CCN(C(=O)[C@H]2CCCO2)C1. The summed E-state index contributed by atoms with van der Waals surface area (Å²) in [6.45, 7) is 5.61. The minimum absolute atomic E-state index is 0.0273. The molecule has 2 aliphatic rings. The van der Waals surface area contributed by atoms with E-state index >= 15 is 0 Å². The highest BCUT2D eigenvalue weighted by molar-refractivity contribution is 5.87. The third-order valence-corrected chi connectivity index (χ3v) is 6.26. The van der Waals surface area contributed by atoms with Gasteiger partial charge in [-0.25, -0.2) is 0 Å². The van der Waals surface area contributed by atoms with Gasteiger partial charge in [0.05, 0.1) is 5.41 Å². The maximum absolute atomic E-state index is 13.3. The Balaban J connectivity index is 1.58. The zero-order chi connectivity index (χ0) is 21.8. The minimum Gasteiger partial charge on any atom is -0.368 e. The van der Waals surface area contributed by atoms with Crippen LogP contribution in [0.15, 0.2) is 48.8 Å². The van der Waals surface area contributed by atoms with E-state index in [1.165, 1.54) is 0 Å². The number of nitrogens with one attached hydrogen (secondary N) is 1. The van der Waals surface area contributed by atoms with Gasteiger partial charge >= 0.3 is 0 Å². The van der Waals surface area contributed by atoms with Crippen molar-refractivity contribution in [1.29, 1.82) is 0 Å². The van der Waals surface area contributed by atoms with Gasteiger partial charge < -0.3 is 15.0 Å². The third kappa shape index (κ3) is 4.79. The summed E-state index contributed by atoms with van der Waals surface area (Å²) in [5, 5.41) is 3.10. The second-order valence-corrected chi connectivity index (χ2v) is 9.03. The lowest BCUT2D eigenvalue weighted by molar-refractivity contribution is -0.141. The standard InChI is InChI=1S/C25H31N3O3/c1-18(2)27-24(30)25(10-13-28(17-25)23(29)22-7-4-14-31-22)16-19-5-3-6-21(15-19)20-8-11-26-12-9-20/h3,5-6,8-9,11-12,15,18,22H,4,7,10,13-14,16-17H2,1-2H3,(H,27,30)/t22-,25-/m1/s1. The van der Waals surface area contributed by atoms with Gasteiger partial charge in [0.1, 0.15) is 6.10 Å². The highest BCUT2D eigenvalue weighted by Gasteiger charge is 2.47. The van der Waals surface area contributed by atoms with Crippen molar-refractivity contribution in [1.82, 2.24) is 15.2 Å². The van der Waals surface area contributed by atoms with Crippen LogP contribution >= 0.6 is 0 Å². The zero-order valence-electron chi connectivity index (χ0n) is 18.3. The molecule has 3 heterocycles. The largest absolute Gasteiger partial charge is 0.368 e. The highest BCUT2D eigenvalue weighted by atomic mass is 16.5. The van der Waals surface area contributed by atoms with Gasteiger partial charge in [-0.05, 0) is 68.4 Å². The van der Waals surface area contributed by atoms with Crippen LogP contribution in [0.5, 0.6) is 0 Å². The summed E-state index contributed by atoms with van der Waals surface area (Å²) in [7, 11) is 0. The number of pyridine rings is 1. The summed E-state index contributed by atoms with van der Waals surface area (Å²) < 4.78 is 5.61. The van der Waals surface area contributed by atoms with E-state index in [9.17, 15) is 9.59 Å². The molecule has 2 fully saturated rings. The number of likely N-dealkylation sites (tertiary alicyclic amines) is 1. The van der Waals surface area contributed by atoms with Gasteiger partial charge in [0, 0.05) is 38.1 Å². The number of amides is 2. The number of hydrogen-bond donors (Lipinski definition) is 1. The molecule has 0 radical (unpaired) electrons. The molecule has 0 saturated carbocycles. The van der Waals surface area contributed by atoms with E-state index in [1.807, 2.05) is 36.9 Å². The average molecular weight is 422 g/mol. The zero-order valence-corrected chi connectivity index (χ0v) is 18.3. The van der Waals surface area contributed by atoms with Crippen molar-refractivity contribution >= 4 is 11.8 Å². The maximum atomic E-state index is 13.3. The van der Waals surface area contributed by atoms with Gasteiger partial charge in [-0.1, -0.05) is 24.3 Å². The Labute approximate surface area is 184 Å². The molecule has 6 heteroatoms. The number of carbonyl (C=O) groups is 2. The molecule has 1 aromatic heterocycles. The highest BCUT2D eigenvalue weighted by Crippen LogP contribution is 2.36. The molecule has 1 N–H and O–H groups in total. The number of aromatic nitrogens is 1. The van der Waals surface area contributed by atoms with Gasteiger partial charge in [0.2, 0.25) is 5.91 Å². The molecule has 1 aromatic carbocycles. The molecule has 0 spiro atoms. The van der Waals surface area contributed by atoms with Crippen molar-refractivity contribution in [2.75, 3.05) is 19.7 Å². The normalized spacial score (nSPS) is 23.3. The first-order valence-corrected chi connectivity index (χ1v) is 11.2. The van der Waals surface area contributed by atoms with Gasteiger partial charge in [0.15, 0.2) is 0 Å².